The Morgan fingerprint density at radius 2 is 1.91 bits per heavy atom. The number of nitrogens with one attached hydrogen (secondary N) is 1. The topological polar surface area (TPSA) is 76.5 Å². The Kier molecular flexibility index (Phi) is 4.25. The van der Waals surface area contributed by atoms with Crippen LogP contribution in [0.4, 0.5) is 0 Å². The molecule has 7 nitrogen and oxygen atoms in total. The summed E-state index contributed by atoms with van der Waals surface area (Å²) in [6, 6.07) is 0. The standard InChI is InChI=1S/C16H24N4O3/c1-16(2,3)15(22)20-10-12(11-8-17-9-11)13(18-20)14(21)19-4-6-23-7-5-19/h10-11,17H,4-9H2,1-3H3. The molecule has 1 amide bonds. The Hall–Kier alpha value is -1.73. The van der Waals surface area contributed by atoms with Gasteiger partial charge >= 0.3 is 0 Å². The second-order valence-corrected chi connectivity index (χ2v) is 7.19. The van der Waals surface area contributed by atoms with Crippen LogP contribution in [0.15, 0.2) is 6.20 Å². The SMILES string of the molecule is CC(C)(C)C(=O)n1cc(C2CNC2)c(C(=O)N2CCOCC2)n1. The lowest BCUT2D eigenvalue weighted by molar-refractivity contribution is 0.0297. The number of hydrogen-bond acceptors (Lipinski definition) is 5. The van der Waals surface area contributed by atoms with Gasteiger partial charge < -0.3 is 15.0 Å². The molecule has 0 bridgehead atoms. The molecule has 2 aliphatic heterocycles. The summed E-state index contributed by atoms with van der Waals surface area (Å²) in [4.78, 5) is 27.1. The average molecular weight is 320 g/mol. The highest BCUT2D eigenvalue weighted by atomic mass is 16.5. The molecule has 0 aromatic carbocycles. The Bertz CT molecular complexity index is 607. The Morgan fingerprint density at radius 3 is 2.43 bits per heavy atom. The van der Waals surface area contributed by atoms with Gasteiger partial charge in [-0.3, -0.25) is 9.59 Å². The van der Waals surface area contributed by atoms with Crippen molar-refractivity contribution < 1.29 is 14.3 Å². The van der Waals surface area contributed by atoms with Gasteiger partial charge in [0.05, 0.1) is 13.2 Å². The number of rotatable bonds is 2. The molecule has 1 aromatic rings. The summed E-state index contributed by atoms with van der Waals surface area (Å²) in [5.41, 5.74) is 0.745. The third kappa shape index (κ3) is 3.16. The van der Waals surface area contributed by atoms with Crippen molar-refractivity contribution in [3.05, 3.63) is 17.5 Å². The zero-order chi connectivity index (χ0) is 16.6. The Morgan fingerprint density at radius 1 is 1.26 bits per heavy atom. The molecule has 7 heteroatoms. The van der Waals surface area contributed by atoms with E-state index >= 15 is 0 Å². The van der Waals surface area contributed by atoms with Gasteiger partial charge in [0.1, 0.15) is 0 Å². The van der Waals surface area contributed by atoms with Crippen molar-refractivity contribution in [1.82, 2.24) is 20.0 Å². The smallest absolute Gasteiger partial charge is 0.274 e. The zero-order valence-electron chi connectivity index (χ0n) is 14.0. The maximum Gasteiger partial charge on any atom is 0.274 e. The first kappa shape index (κ1) is 16.1. The van der Waals surface area contributed by atoms with Gasteiger partial charge in [-0.05, 0) is 0 Å². The van der Waals surface area contributed by atoms with Crippen molar-refractivity contribution >= 4 is 11.8 Å². The zero-order valence-corrected chi connectivity index (χ0v) is 14.0. The monoisotopic (exact) mass is 320 g/mol. The van der Waals surface area contributed by atoms with Crippen LogP contribution in [0.2, 0.25) is 0 Å². The molecule has 0 atom stereocenters. The van der Waals surface area contributed by atoms with E-state index in [9.17, 15) is 9.59 Å². The van der Waals surface area contributed by atoms with E-state index in [-0.39, 0.29) is 17.7 Å². The fourth-order valence-corrected chi connectivity index (χ4v) is 2.72. The van der Waals surface area contributed by atoms with Crippen molar-refractivity contribution in [3.63, 3.8) is 0 Å². The largest absolute Gasteiger partial charge is 0.378 e. The van der Waals surface area contributed by atoms with Crippen LogP contribution in [0.1, 0.15) is 47.5 Å². The first-order chi connectivity index (χ1) is 10.9. The number of morpholine rings is 1. The third-order valence-corrected chi connectivity index (χ3v) is 4.31. The summed E-state index contributed by atoms with van der Waals surface area (Å²) in [6.07, 6.45) is 1.74. The van der Waals surface area contributed by atoms with E-state index in [1.165, 1.54) is 4.68 Å². The molecular weight excluding hydrogens is 296 g/mol. The number of amides is 1. The Balaban J connectivity index is 1.92. The van der Waals surface area contributed by atoms with Crippen LogP contribution in [-0.2, 0) is 4.74 Å². The van der Waals surface area contributed by atoms with Crippen LogP contribution < -0.4 is 5.32 Å². The summed E-state index contributed by atoms with van der Waals surface area (Å²) in [6.45, 7) is 9.43. The van der Waals surface area contributed by atoms with E-state index in [0.717, 1.165) is 18.7 Å². The fourth-order valence-electron chi connectivity index (χ4n) is 2.72. The van der Waals surface area contributed by atoms with E-state index in [0.29, 0.717) is 32.0 Å². The van der Waals surface area contributed by atoms with Gasteiger partial charge in [-0.2, -0.15) is 5.10 Å². The second-order valence-electron chi connectivity index (χ2n) is 7.19. The van der Waals surface area contributed by atoms with E-state index < -0.39 is 5.41 Å². The van der Waals surface area contributed by atoms with Crippen LogP contribution in [-0.4, -0.2) is 65.9 Å². The summed E-state index contributed by atoms with van der Waals surface area (Å²) < 4.78 is 6.65. The molecule has 3 heterocycles. The van der Waals surface area contributed by atoms with Gasteiger partial charge in [0.25, 0.3) is 11.8 Å². The van der Waals surface area contributed by atoms with Gasteiger partial charge in [-0.1, -0.05) is 20.8 Å². The normalized spacial score (nSPS) is 19.5. The van der Waals surface area contributed by atoms with Crippen molar-refractivity contribution in [1.29, 1.82) is 0 Å². The first-order valence-electron chi connectivity index (χ1n) is 8.10. The molecule has 0 radical (unpaired) electrons. The molecule has 1 aromatic heterocycles. The Labute approximate surface area is 136 Å². The van der Waals surface area contributed by atoms with Crippen molar-refractivity contribution in [2.24, 2.45) is 5.41 Å². The first-order valence-corrected chi connectivity index (χ1v) is 8.10. The van der Waals surface area contributed by atoms with Crippen molar-refractivity contribution in [2.45, 2.75) is 26.7 Å². The lowest BCUT2D eigenvalue weighted by Crippen LogP contribution is -2.43. The van der Waals surface area contributed by atoms with Crippen molar-refractivity contribution in [2.75, 3.05) is 39.4 Å². The molecule has 0 saturated carbocycles. The molecular formula is C16H24N4O3. The highest BCUT2D eigenvalue weighted by molar-refractivity contribution is 5.95. The lowest BCUT2D eigenvalue weighted by atomic mass is 9.93. The van der Waals surface area contributed by atoms with Crippen LogP contribution >= 0.6 is 0 Å². The maximum absolute atomic E-state index is 12.8. The summed E-state index contributed by atoms with van der Waals surface area (Å²) in [5.74, 6) is 0.0410. The number of nitrogens with zero attached hydrogens (tertiary/aromatic N) is 3. The van der Waals surface area contributed by atoms with Gasteiger partial charge in [-0.25, -0.2) is 4.68 Å². The second kappa shape index (κ2) is 6.05. The van der Waals surface area contributed by atoms with Crippen LogP contribution in [0.25, 0.3) is 0 Å². The summed E-state index contributed by atoms with van der Waals surface area (Å²) in [7, 11) is 0. The van der Waals surface area contributed by atoms with E-state index in [1.54, 1.807) is 11.1 Å². The number of ether oxygens (including phenoxy) is 1. The lowest BCUT2D eigenvalue weighted by Gasteiger charge is -2.29. The van der Waals surface area contributed by atoms with Crippen LogP contribution in [0, 0.1) is 5.41 Å². The van der Waals surface area contributed by atoms with Gasteiger partial charge in [0.2, 0.25) is 0 Å². The van der Waals surface area contributed by atoms with Gasteiger partial charge in [-0.15, -0.1) is 0 Å². The van der Waals surface area contributed by atoms with Gasteiger partial charge in [0, 0.05) is 49.3 Å². The molecule has 23 heavy (non-hydrogen) atoms. The van der Waals surface area contributed by atoms with E-state index in [4.69, 9.17) is 4.74 Å². The van der Waals surface area contributed by atoms with Crippen molar-refractivity contribution in [3.8, 4) is 0 Å². The predicted molar refractivity (Wildman–Crippen MR) is 84.6 cm³/mol. The predicted octanol–water partition coefficient (Wildman–Crippen LogP) is 0.729. The van der Waals surface area contributed by atoms with E-state index in [2.05, 4.69) is 10.4 Å². The van der Waals surface area contributed by atoms with E-state index in [1.807, 2.05) is 20.8 Å². The highest BCUT2D eigenvalue weighted by Gasteiger charge is 2.33. The number of carbonyl (C=O) groups excluding carboxylic acids is 2. The molecule has 2 aliphatic rings. The molecule has 3 rings (SSSR count). The minimum absolute atomic E-state index is 0.101. The molecule has 2 saturated heterocycles. The molecule has 0 aliphatic carbocycles. The number of carbonyl (C=O) groups is 2. The average Bonchev–Trinajstić information content (AvgIpc) is 2.88. The highest BCUT2D eigenvalue weighted by Crippen LogP contribution is 2.26. The minimum atomic E-state index is -0.541. The number of hydrogen-bond donors (Lipinski definition) is 1. The molecule has 1 N–H and O–H groups in total. The molecule has 0 unspecified atom stereocenters. The maximum atomic E-state index is 12.8. The third-order valence-electron chi connectivity index (χ3n) is 4.31. The van der Waals surface area contributed by atoms with Crippen LogP contribution in [0.3, 0.4) is 0 Å². The fraction of sp³-hybridized carbons (Fsp3) is 0.688. The minimum Gasteiger partial charge on any atom is -0.378 e. The summed E-state index contributed by atoms with van der Waals surface area (Å²) in [5, 5.41) is 7.57. The van der Waals surface area contributed by atoms with Gasteiger partial charge in [0.15, 0.2) is 5.69 Å². The molecule has 0 spiro atoms. The number of aromatic nitrogens is 2. The quantitative estimate of drug-likeness (QED) is 0.869. The molecule has 2 fully saturated rings. The summed E-state index contributed by atoms with van der Waals surface area (Å²) >= 11 is 0. The van der Waals surface area contributed by atoms with Crippen LogP contribution in [0.5, 0.6) is 0 Å². The molecule has 126 valence electrons.